The predicted octanol–water partition coefficient (Wildman–Crippen LogP) is -0.500. The van der Waals surface area contributed by atoms with E-state index in [-0.39, 0.29) is 19.8 Å². The molecular weight excluding hydrogens is 290 g/mol. The van der Waals surface area contributed by atoms with Crippen LogP contribution < -0.4 is 4.74 Å². The molecule has 1 aromatic carbocycles. The lowest BCUT2D eigenvalue weighted by molar-refractivity contribution is 0.0549. The smallest absolute Gasteiger partial charge is 0.337 e. The summed E-state index contributed by atoms with van der Waals surface area (Å²) in [6, 6.07) is 6.41. The van der Waals surface area contributed by atoms with Crippen LogP contribution in [0.4, 0.5) is 0 Å². The number of benzene rings is 1. The summed E-state index contributed by atoms with van der Waals surface area (Å²) in [5.41, 5.74) is 0.424. The van der Waals surface area contributed by atoms with Gasteiger partial charge in [-0.2, -0.15) is 0 Å². The highest BCUT2D eigenvalue weighted by molar-refractivity contribution is 5.89. The molecule has 1 atom stereocenters. The third kappa shape index (κ3) is 6.40. The molecule has 7 heteroatoms. The van der Waals surface area contributed by atoms with Crippen LogP contribution in [0.15, 0.2) is 24.3 Å². The first-order valence-electron chi connectivity index (χ1n) is 7.04. The number of carbonyl (C=O) groups is 1. The van der Waals surface area contributed by atoms with E-state index in [1.807, 2.05) is 0 Å². The Kier molecular flexibility index (Phi) is 8.46. The minimum absolute atomic E-state index is 0.0391. The lowest BCUT2D eigenvalue weighted by Crippen LogP contribution is -2.38. The highest BCUT2D eigenvalue weighted by atomic mass is 16.5. The highest BCUT2D eigenvalue weighted by Gasteiger charge is 2.12. The zero-order chi connectivity index (χ0) is 16.4. The van der Waals surface area contributed by atoms with E-state index in [1.54, 1.807) is 29.2 Å². The van der Waals surface area contributed by atoms with Crippen molar-refractivity contribution in [1.82, 2.24) is 4.90 Å². The van der Waals surface area contributed by atoms with E-state index in [0.29, 0.717) is 30.9 Å². The summed E-state index contributed by atoms with van der Waals surface area (Å²) in [6.45, 7) is 1.05. The third-order valence-electron chi connectivity index (χ3n) is 3.02. The Morgan fingerprint density at radius 2 is 1.77 bits per heavy atom. The van der Waals surface area contributed by atoms with Crippen LogP contribution in [0.2, 0.25) is 0 Å². The van der Waals surface area contributed by atoms with E-state index in [9.17, 15) is 9.90 Å². The van der Waals surface area contributed by atoms with Gasteiger partial charge in [0.25, 0.3) is 0 Å². The maximum Gasteiger partial charge on any atom is 0.337 e. The first-order chi connectivity index (χ1) is 10.6. The normalized spacial score (nSPS) is 12.2. The predicted molar refractivity (Wildman–Crippen MR) is 79.9 cm³/mol. The van der Waals surface area contributed by atoms with Crippen LogP contribution in [0.1, 0.15) is 10.4 Å². The molecular formula is C15H23NO6. The monoisotopic (exact) mass is 313 g/mol. The summed E-state index contributed by atoms with van der Waals surface area (Å²) >= 11 is 0. The quantitative estimate of drug-likeness (QED) is 0.501. The van der Waals surface area contributed by atoms with Gasteiger partial charge in [-0.15, -0.1) is 0 Å². The fourth-order valence-corrected chi connectivity index (χ4v) is 1.93. The first kappa shape index (κ1) is 18.4. The molecule has 0 aliphatic carbocycles. The molecule has 0 heterocycles. The zero-order valence-corrected chi connectivity index (χ0v) is 12.6. The van der Waals surface area contributed by atoms with Crippen molar-refractivity contribution < 1.29 is 29.6 Å². The molecule has 0 aliphatic heterocycles. The van der Waals surface area contributed by atoms with Gasteiger partial charge in [0.1, 0.15) is 18.5 Å². The molecule has 0 bridgehead atoms. The number of ether oxygens (including phenoxy) is 2. The summed E-state index contributed by atoms with van der Waals surface area (Å²) in [4.78, 5) is 13.0. The van der Waals surface area contributed by atoms with Crippen molar-refractivity contribution in [2.75, 3.05) is 46.6 Å². The van der Waals surface area contributed by atoms with Gasteiger partial charge in [0.05, 0.1) is 25.9 Å². The fraction of sp³-hybridized carbons (Fsp3) is 0.533. The summed E-state index contributed by atoms with van der Waals surface area (Å²) in [7, 11) is 1.31. The standard InChI is InChI=1S/C15H23NO6/c1-21-15(20)12-2-4-14(5-3-12)22-11-13(19)10-16(6-8-17)7-9-18/h2-5,13,17-19H,6-11H2,1H3/t13-/m0/s1. The Morgan fingerprint density at radius 3 is 2.27 bits per heavy atom. The van der Waals surface area contributed by atoms with Crippen LogP contribution >= 0.6 is 0 Å². The van der Waals surface area contributed by atoms with Crippen molar-refractivity contribution in [3.63, 3.8) is 0 Å². The zero-order valence-electron chi connectivity index (χ0n) is 12.6. The van der Waals surface area contributed by atoms with E-state index in [0.717, 1.165) is 0 Å². The van der Waals surface area contributed by atoms with Crippen molar-refractivity contribution in [2.24, 2.45) is 0 Å². The molecule has 0 aromatic heterocycles. The number of esters is 1. The van der Waals surface area contributed by atoms with Crippen LogP contribution in [-0.2, 0) is 4.74 Å². The Bertz CT molecular complexity index is 430. The van der Waals surface area contributed by atoms with Gasteiger partial charge in [-0.3, -0.25) is 4.90 Å². The van der Waals surface area contributed by atoms with E-state index in [1.165, 1.54) is 7.11 Å². The molecule has 0 amide bonds. The van der Waals surface area contributed by atoms with Gasteiger partial charge in [-0.05, 0) is 24.3 Å². The number of hydrogen-bond donors (Lipinski definition) is 3. The average molecular weight is 313 g/mol. The molecule has 0 radical (unpaired) electrons. The number of nitrogens with zero attached hydrogens (tertiary/aromatic N) is 1. The molecule has 0 saturated carbocycles. The summed E-state index contributed by atoms with van der Waals surface area (Å²) in [6.07, 6.45) is -0.751. The van der Waals surface area contributed by atoms with Crippen molar-refractivity contribution in [1.29, 1.82) is 0 Å². The van der Waals surface area contributed by atoms with Crippen LogP contribution in [-0.4, -0.2) is 78.9 Å². The molecule has 22 heavy (non-hydrogen) atoms. The van der Waals surface area contributed by atoms with Gasteiger partial charge in [0.15, 0.2) is 0 Å². The highest BCUT2D eigenvalue weighted by Crippen LogP contribution is 2.13. The lowest BCUT2D eigenvalue weighted by atomic mass is 10.2. The molecule has 0 fully saturated rings. The Balaban J connectivity index is 2.42. The van der Waals surface area contributed by atoms with Crippen molar-refractivity contribution in [2.45, 2.75) is 6.10 Å². The van der Waals surface area contributed by atoms with E-state index in [4.69, 9.17) is 14.9 Å². The minimum atomic E-state index is -0.751. The van der Waals surface area contributed by atoms with Crippen molar-refractivity contribution in [3.05, 3.63) is 29.8 Å². The molecule has 0 saturated heterocycles. The van der Waals surface area contributed by atoms with Gasteiger partial charge in [0.2, 0.25) is 0 Å². The molecule has 124 valence electrons. The number of aliphatic hydroxyl groups excluding tert-OH is 3. The van der Waals surface area contributed by atoms with E-state index < -0.39 is 12.1 Å². The topological polar surface area (TPSA) is 99.5 Å². The number of carbonyl (C=O) groups excluding carboxylic acids is 1. The van der Waals surface area contributed by atoms with Crippen LogP contribution in [0.3, 0.4) is 0 Å². The molecule has 3 N–H and O–H groups in total. The summed E-state index contributed by atoms with van der Waals surface area (Å²) in [5.74, 6) is 0.109. The van der Waals surface area contributed by atoms with Gasteiger partial charge >= 0.3 is 5.97 Å². The molecule has 0 spiro atoms. The largest absolute Gasteiger partial charge is 0.491 e. The number of aliphatic hydroxyl groups is 3. The Hall–Kier alpha value is -1.67. The molecule has 0 aliphatic rings. The molecule has 1 rings (SSSR count). The number of rotatable bonds is 10. The summed E-state index contributed by atoms with van der Waals surface area (Å²) < 4.78 is 10.0. The SMILES string of the molecule is COC(=O)c1ccc(OC[C@@H](O)CN(CCO)CCO)cc1. The van der Waals surface area contributed by atoms with Crippen molar-refractivity contribution >= 4 is 5.97 Å². The Labute approximate surface area is 129 Å². The maximum absolute atomic E-state index is 11.3. The summed E-state index contributed by atoms with van der Waals surface area (Å²) in [5, 5.41) is 27.7. The van der Waals surface area contributed by atoms with Gasteiger partial charge in [-0.1, -0.05) is 0 Å². The average Bonchev–Trinajstić information content (AvgIpc) is 2.53. The second-order valence-corrected chi connectivity index (χ2v) is 4.73. The molecule has 0 unspecified atom stereocenters. The van der Waals surface area contributed by atoms with Gasteiger partial charge in [0, 0.05) is 19.6 Å². The lowest BCUT2D eigenvalue weighted by Gasteiger charge is -2.23. The van der Waals surface area contributed by atoms with Crippen LogP contribution in [0.25, 0.3) is 0 Å². The second kappa shape index (κ2) is 10.1. The van der Waals surface area contributed by atoms with Crippen LogP contribution in [0, 0.1) is 0 Å². The number of hydrogen-bond acceptors (Lipinski definition) is 7. The van der Waals surface area contributed by atoms with E-state index >= 15 is 0 Å². The van der Waals surface area contributed by atoms with Gasteiger partial charge in [-0.25, -0.2) is 4.79 Å². The third-order valence-corrected chi connectivity index (χ3v) is 3.02. The molecule has 1 aromatic rings. The van der Waals surface area contributed by atoms with Crippen molar-refractivity contribution in [3.8, 4) is 5.75 Å². The first-order valence-corrected chi connectivity index (χ1v) is 7.04. The van der Waals surface area contributed by atoms with Crippen LogP contribution in [0.5, 0.6) is 5.75 Å². The number of methoxy groups -OCH3 is 1. The fourth-order valence-electron chi connectivity index (χ4n) is 1.93. The minimum Gasteiger partial charge on any atom is -0.491 e. The molecule has 7 nitrogen and oxygen atoms in total. The Morgan fingerprint density at radius 1 is 1.18 bits per heavy atom. The maximum atomic E-state index is 11.3. The second-order valence-electron chi connectivity index (χ2n) is 4.73. The van der Waals surface area contributed by atoms with E-state index in [2.05, 4.69) is 4.74 Å². The van der Waals surface area contributed by atoms with Gasteiger partial charge < -0.3 is 24.8 Å².